The molecule has 0 amide bonds. The van der Waals surface area contributed by atoms with Gasteiger partial charge in [-0.25, -0.2) is 4.79 Å². The number of carboxylic acids is 1. The van der Waals surface area contributed by atoms with E-state index in [4.69, 9.17) is 5.11 Å². The molecule has 3 nitrogen and oxygen atoms in total. The molecule has 0 radical (unpaired) electrons. The van der Waals surface area contributed by atoms with Crippen molar-refractivity contribution in [3.63, 3.8) is 0 Å². The average Bonchev–Trinajstić information content (AvgIpc) is 2.43. The van der Waals surface area contributed by atoms with Crippen molar-refractivity contribution in [1.29, 1.82) is 0 Å². The Hall–Kier alpha value is -0.870. The van der Waals surface area contributed by atoms with E-state index in [9.17, 15) is 4.79 Å². The lowest BCUT2D eigenvalue weighted by Gasteiger charge is -2.36. The van der Waals surface area contributed by atoms with Crippen LogP contribution in [0.15, 0.2) is 22.7 Å². The maximum atomic E-state index is 11.0. The lowest BCUT2D eigenvalue weighted by Crippen LogP contribution is -2.38. The highest BCUT2D eigenvalue weighted by Crippen LogP contribution is 2.26. The maximum Gasteiger partial charge on any atom is 0.335 e. The molecule has 0 saturated carbocycles. The second kappa shape index (κ2) is 7.23. The molecular weight excluding hydrogens is 318 g/mol. The summed E-state index contributed by atoms with van der Waals surface area (Å²) >= 11 is 3.51. The largest absolute Gasteiger partial charge is 0.478 e. The topological polar surface area (TPSA) is 40.5 Å². The molecule has 1 aromatic rings. The van der Waals surface area contributed by atoms with Crippen molar-refractivity contribution in [2.75, 3.05) is 6.54 Å². The van der Waals surface area contributed by atoms with Gasteiger partial charge in [-0.1, -0.05) is 41.8 Å². The van der Waals surface area contributed by atoms with Crippen LogP contribution in [-0.4, -0.2) is 28.6 Å². The van der Waals surface area contributed by atoms with Crippen LogP contribution >= 0.6 is 15.9 Å². The number of carbonyl (C=O) groups is 1. The van der Waals surface area contributed by atoms with Gasteiger partial charge in [-0.2, -0.15) is 0 Å². The molecule has 0 aromatic heterocycles. The van der Waals surface area contributed by atoms with Gasteiger partial charge < -0.3 is 5.11 Å². The quantitative estimate of drug-likeness (QED) is 0.869. The van der Waals surface area contributed by atoms with Crippen LogP contribution in [0, 0.1) is 0 Å². The molecule has 0 bridgehead atoms. The van der Waals surface area contributed by atoms with E-state index in [0.29, 0.717) is 11.6 Å². The van der Waals surface area contributed by atoms with E-state index in [1.165, 1.54) is 37.7 Å². The summed E-state index contributed by atoms with van der Waals surface area (Å²) < 4.78 is 0.901. The minimum absolute atomic E-state index is 0.337. The monoisotopic (exact) mass is 339 g/mol. The summed E-state index contributed by atoms with van der Waals surface area (Å²) in [5.74, 6) is -0.876. The van der Waals surface area contributed by atoms with Crippen molar-refractivity contribution in [3.05, 3.63) is 33.8 Å². The van der Waals surface area contributed by atoms with Crippen LogP contribution in [0.5, 0.6) is 0 Å². The number of hydrogen-bond donors (Lipinski definition) is 1. The Bertz CT molecular complexity index is 474. The minimum atomic E-state index is -0.876. The number of hydrogen-bond acceptors (Lipinski definition) is 2. The summed E-state index contributed by atoms with van der Waals surface area (Å²) in [4.78, 5) is 13.5. The van der Waals surface area contributed by atoms with Crippen LogP contribution in [-0.2, 0) is 6.54 Å². The number of likely N-dealkylation sites (tertiary alicyclic amines) is 1. The number of nitrogens with zero attached hydrogens (tertiary/aromatic N) is 1. The Labute approximate surface area is 129 Å². The first kappa shape index (κ1) is 15.5. The zero-order valence-electron chi connectivity index (χ0n) is 11.9. The molecule has 1 heterocycles. The summed E-state index contributed by atoms with van der Waals surface area (Å²) in [5, 5.41) is 9.00. The van der Waals surface area contributed by atoms with Gasteiger partial charge in [-0.3, -0.25) is 4.90 Å². The van der Waals surface area contributed by atoms with Crippen LogP contribution in [0.1, 0.15) is 54.9 Å². The summed E-state index contributed by atoms with van der Waals surface area (Å²) in [6.45, 7) is 4.30. The van der Waals surface area contributed by atoms with Gasteiger partial charge in [0.15, 0.2) is 0 Å². The van der Waals surface area contributed by atoms with Crippen molar-refractivity contribution in [1.82, 2.24) is 4.90 Å². The Morgan fingerprint density at radius 2 is 2.25 bits per heavy atom. The second-order valence-corrected chi connectivity index (χ2v) is 6.37. The standard InChI is InChI=1S/C16H22BrNO2/c1-2-5-14-6-3-4-9-18(14)11-13-8-7-12(16(19)20)10-15(13)17/h7-8,10,14H,2-6,9,11H2,1H3,(H,19,20). The lowest BCUT2D eigenvalue weighted by molar-refractivity contribution is 0.0696. The smallest absolute Gasteiger partial charge is 0.335 e. The van der Waals surface area contributed by atoms with E-state index in [2.05, 4.69) is 27.8 Å². The Morgan fingerprint density at radius 1 is 1.45 bits per heavy atom. The number of halogens is 1. The third-order valence-corrected chi connectivity index (χ3v) is 4.78. The number of benzene rings is 1. The van der Waals surface area contributed by atoms with E-state index >= 15 is 0 Å². The van der Waals surface area contributed by atoms with E-state index in [-0.39, 0.29) is 0 Å². The molecule has 1 saturated heterocycles. The predicted octanol–water partition coefficient (Wildman–Crippen LogP) is 4.30. The Balaban J connectivity index is 2.09. The van der Waals surface area contributed by atoms with Crippen LogP contribution in [0.3, 0.4) is 0 Å². The van der Waals surface area contributed by atoms with Crippen LogP contribution < -0.4 is 0 Å². The molecule has 2 rings (SSSR count). The maximum absolute atomic E-state index is 11.0. The van der Waals surface area contributed by atoms with E-state index in [0.717, 1.165) is 17.6 Å². The highest BCUT2D eigenvalue weighted by Gasteiger charge is 2.22. The van der Waals surface area contributed by atoms with Crippen molar-refractivity contribution >= 4 is 21.9 Å². The van der Waals surface area contributed by atoms with Crippen molar-refractivity contribution in [2.45, 2.75) is 51.6 Å². The first-order chi connectivity index (χ1) is 9.61. The molecule has 1 aromatic carbocycles. The Kier molecular flexibility index (Phi) is 5.61. The molecule has 0 spiro atoms. The van der Waals surface area contributed by atoms with Gasteiger partial charge >= 0.3 is 5.97 Å². The Morgan fingerprint density at radius 3 is 2.90 bits per heavy atom. The lowest BCUT2D eigenvalue weighted by atomic mass is 9.97. The fourth-order valence-corrected chi connectivity index (χ4v) is 3.46. The predicted molar refractivity (Wildman–Crippen MR) is 84.1 cm³/mol. The van der Waals surface area contributed by atoms with Crippen LogP contribution in [0.2, 0.25) is 0 Å². The third-order valence-electron chi connectivity index (χ3n) is 4.04. The van der Waals surface area contributed by atoms with E-state index < -0.39 is 5.97 Å². The molecule has 110 valence electrons. The minimum Gasteiger partial charge on any atom is -0.478 e. The molecule has 1 atom stereocenters. The molecule has 4 heteroatoms. The van der Waals surface area contributed by atoms with Gasteiger partial charge in [0.25, 0.3) is 0 Å². The molecule has 1 N–H and O–H groups in total. The molecule has 0 aliphatic carbocycles. The van der Waals surface area contributed by atoms with Gasteiger partial charge in [0.1, 0.15) is 0 Å². The van der Waals surface area contributed by atoms with Crippen LogP contribution in [0.4, 0.5) is 0 Å². The zero-order valence-corrected chi connectivity index (χ0v) is 13.5. The van der Waals surface area contributed by atoms with Gasteiger partial charge in [-0.15, -0.1) is 0 Å². The zero-order chi connectivity index (χ0) is 14.5. The molecule has 1 aliphatic rings. The highest BCUT2D eigenvalue weighted by atomic mass is 79.9. The molecule has 1 aliphatic heterocycles. The van der Waals surface area contributed by atoms with Gasteiger partial charge in [0.2, 0.25) is 0 Å². The van der Waals surface area contributed by atoms with Crippen molar-refractivity contribution in [3.8, 4) is 0 Å². The summed E-state index contributed by atoms with van der Waals surface area (Å²) in [6.07, 6.45) is 6.37. The van der Waals surface area contributed by atoms with Gasteiger partial charge in [-0.05, 0) is 43.5 Å². The molecule has 20 heavy (non-hydrogen) atoms. The number of carboxylic acid groups (broad SMARTS) is 1. The molecule has 1 unspecified atom stereocenters. The third kappa shape index (κ3) is 3.83. The van der Waals surface area contributed by atoms with Crippen molar-refractivity contribution in [2.24, 2.45) is 0 Å². The van der Waals surface area contributed by atoms with Crippen molar-refractivity contribution < 1.29 is 9.90 Å². The first-order valence-corrected chi connectivity index (χ1v) is 8.17. The number of rotatable bonds is 5. The summed E-state index contributed by atoms with van der Waals surface area (Å²) in [5.41, 5.74) is 1.52. The highest BCUT2D eigenvalue weighted by molar-refractivity contribution is 9.10. The number of piperidine rings is 1. The average molecular weight is 340 g/mol. The summed E-state index contributed by atoms with van der Waals surface area (Å²) in [6, 6.07) is 6.02. The van der Waals surface area contributed by atoms with Gasteiger partial charge in [0.05, 0.1) is 5.56 Å². The van der Waals surface area contributed by atoms with Crippen LogP contribution in [0.25, 0.3) is 0 Å². The van der Waals surface area contributed by atoms with E-state index in [1.54, 1.807) is 12.1 Å². The SMILES string of the molecule is CCCC1CCCCN1Cc1ccc(C(=O)O)cc1Br. The number of aromatic carboxylic acids is 1. The normalized spacial score (nSPS) is 20.0. The second-order valence-electron chi connectivity index (χ2n) is 5.52. The molecular formula is C16H22BrNO2. The molecule has 1 fully saturated rings. The van der Waals surface area contributed by atoms with E-state index in [1.807, 2.05) is 6.07 Å². The fourth-order valence-electron chi connectivity index (χ4n) is 2.96. The first-order valence-electron chi connectivity index (χ1n) is 7.37. The summed E-state index contributed by atoms with van der Waals surface area (Å²) in [7, 11) is 0. The fraction of sp³-hybridized carbons (Fsp3) is 0.562. The van der Waals surface area contributed by atoms with Gasteiger partial charge in [0, 0.05) is 17.1 Å².